The number of rotatable bonds is 3. The molecule has 13 heavy (non-hydrogen) atoms. The van der Waals surface area contributed by atoms with Gasteiger partial charge in [-0.25, -0.2) is 4.79 Å². The molecule has 5 nitrogen and oxygen atoms in total. The van der Waals surface area contributed by atoms with Gasteiger partial charge in [0, 0.05) is 19.8 Å². The number of aromatic nitrogens is 1. The van der Waals surface area contributed by atoms with Crippen molar-refractivity contribution in [3.05, 3.63) is 23.5 Å². The highest BCUT2D eigenvalue weighted by Gasteiger charge is 2.10. The molecule has 0 spiro atoms. The van der Waals surface area contributed by atoms with E-state index in [0.29, 0.717) is 12.2 Å². The Morgan fingerprint density at radius 3 is 3.00 bits per heavy atom. The van der Waals surface area contributed by atoms with Gasteiger partial charge >= 0.3 is 5.97 Å². The largest absolute Gasteiger partial charge is 0.464 e. The van der Waals surface area contributed by atoms with Gasteiger partial charge < -0.3 is 9.30 Å². The summed E-state index contributed by atoms with van der Waals surface area (Å²) in [5, 5.41) is 0. The summed E-state index contributed by atoms with van der Waals surface area (Å²) in [7, 11) is 3.14. The summed E-state index contributed by atoms with van der Waals surface area (Å²) in [6.45, 7) is 0.533. The molecule has 0 atom stereocenters. The molecule has 0 unspecified atom stereocenters. The minimum atomic E-state index is -0.342. The van der Waals surface area contributed by atoms with Crippen molar-refractivity contribution in [2.24, 2.45) is 12.9 Å². The Balaban J connectivity index is 2.89. The summed E-state index contributed by atoms with van der Waals surface area (Å²) >= 11 is 0. The number of esters is 1. The number of carbonyl (C=O) groups excluding carboxylic acids is 1. The SMILES string of the molecule is COC(=O)c1cc(CNN)cn1C. The van der Waals surface area contributed by atoms with Crippen LogP contribution >= 0.6 is 0 Å². The third kappa shape index (κ3) is 2.07. The van der Waals surface area contributed by atoms with Crippen LogP contribution in [0.5, 0.6) is 0 Å². The van der Waals surface area contributed by atoms with Crippen LogP contribution in [0.25, 0.3) is 0 Å². The van der Waals surface area contributed by atoms with E-state index in [9.17, 15) is 4.79 Å². The molecule has 0 bridgehead atoms. The zero-order valence-electron chi connectivity index (χ0n) is 7.70. The molecule has 1 aromatic heterocycles. The van der Waals surface area contributed by atoms with Crippen molar-refractivity contribution in [1.82, 2.24) is 9.99 Å². The van der Waals surface area contributed by atoms with Crippen LogP contribution in [-0.2, 0) is 18.3 Å². The molecule has 1 aromatic rings. The molecule has 5 heteroatoms. The van der Waals surface area contributed by atoms with Crippen molar-refractivity contribution >= 4 is 5.97 Å². The number of aryl methyl sites for hydroxylation is 1. The van der Waals surface area contributed by atoms with Gasteiger partial charge in [0.05, 0.1) is 7.11 Å². The Morgan fingerprint density at radius 1 is 1.77 bits per heavy atom. The third-order valence-electron chi connectivity index (χ3n) is 1.76. The van der Waals surface area contributed by atoms with Crippen molar-refractivity contribution in [1.29, 1.82) is 0 Å². The molecule has 0 fully saturated rings. The van der Waals surface area contributed by atoms with Gasteiger partial charge in [-0.3, -0.25) is 11.3 Å². The number of methoxy groups -OCH3 is 1. The molecule has 0 amide bonds. The van der Waals surface area contributed by atoms with Gasteiger partial charge in [-0.05, 0) is 11.6 Å². The molecule has 0 aliphatic carbocycles. The molecule has 1 rings (SSSR count). The van der Waals surface area contributed by atoms with Crippen LogP contribution < -0.4 is 11.3 Å². The molecule has 0 saturated carbocycles. The van der Waals surface area contributed by atoms with E-state index in [4.69, 9.17) is 5.84 Å². The van der Waals surface area contributed by atoms with Crippen LogP contribution in [0.4, 0.5) is 0 Å². The Labute approximate surface area is 76.4 Å². The standard InChI is InChI=1S/C8H13N3O2/c1-11-5-6(4-10-9)3-7(11)8(12)13-2/h3,5,10H,4,9H2,1-2H3. The van der Waals surface area contributed by atoms with E-state index in [-0.39, 0.29) is 5.97 Å². The zero-order chi connectivity index (χ0) is 9.84. The lowest BCUT2D eigenvalue weighted by molar-refractivity contribution is 0.0590. The third-order valence-corrected chi connectivity index (χ3v) is 1.76. The van der Waals surface area contributed by atoms with Gasteiger partial charge in [0.2, 0.25) is 0 Å². The molecule has 0 aromatic carbocycles. The first-order valence-corrected chi connectivity index (χ1v) is 3.86. The van der Waals surface area contributed by atoms with Gasteiger partial charge in [-0.15, -0.1) is 0 Å². The van der Waals surface area contributed by atoms with E-state index in [1.54, 1.807) is 17.7 Å². The molecule has 0 radical (unpaired) electrons. The van der Waals surface area contributed by atoms with Gasteiger partial charge in [0.15, 0.2) is 0 Å². The van der Waals surface area contributed by atoms with E-state index >= 15 is 0 Å². The quantitative estimate of drug-likeness (QED) is 0.386. The van der Waals surface area contributed by atoms with Crippen LogP contribution in [0.3, 0.4) is 0 Å². The fourth-order valence-corrected chi connectivity index (χ4v) is 1.15. The van der Waals surface area contributed by atoms with Crippen molar-refractivity contribution in [3.63, 3.8) is 0 Å². The number of hydrogen-bond acceptors (Lipinski definition) is 4. The van der Waals surface area contributed by atoms with Gasteiger partial charge in [0.25, 0.3) is 0 Å². The monoisotopic (exact) mass is 183 g/mol. The van der Waals surface area contributed by atoms with Crippen molar-refractivity contribution < 1.29 is 9.53 Å². The van der Waals surface area contributed by atoms with E-state index in [0.717, 1.165) is 5.56 Å². The maximum Gasteiger partial charge on any atom is 0.354 e. The predicted octanol–water partition coefficient (Wildman–Crippen LogP) is -0.225. The molecule has 72 valence electrons. The topological polar surface area (TPSA) is 69.3 Å². The summed E-state index contributed by atoms with van der Waals surface area (Å²) in [6.07, 6.45) is 1.83. The fraction of sp³-hybridized carbons (Fsp3) is 0.375. The summed E-state index contributed by atoms with van der Waals surface area (Å²) < 4.78 is 6.30. The lowest BCUT2D eigenvalue weighted by atomic mass is 10.3. The number of nitrogens with zero attached hydrogens (tertiary/aromatic N) is 1. The smallest absolute Gasteiger partial charge is 0.354 e. The highest BCUT2D eigenvalue weighted by Crippen LogP contribution is 2.07. The van der Waals surface area contributed by atoms with E-state index < -0.39 is 0 Å². The minimum absolute atomic E-state index is 0.342. The van der Waals surface area contributed by atoms with Crippen molar-refractivity contribution in [2.45, 2.75) is 6.54 Å². The second-order valence-corrected chi connectivity index (χ2v) is 2.72. The van der Waals surface area contributed by atoms with Gasteiger partial charge in [-0.2, -0.15) is 0 Å². The van der Waals surface area contributed by atoms with Gasteiger partial charge in [-0.1, -0.05) is 0 Å². The number of nitrogens with two attached hydrogens (primary N) is 1. The molecule has 0 aliphatic heterocycles. The second-order valence-electron chi connectivity index (χ2n) is 2.72. The Bertz CT molecular complexity index is 306. The van der Waals surface area contributed by atoms with Gasteiger partial charge in [0.1, 0.15) is 5.69 Å². The Hall–Kier alpha value is -1.33. The minimum Gasteiger partial charge on any atom is -0.464 e. The maximum atomic E-state index is 11.2. The average molecular weight is 183 g/mol. The first kappa shape index (κ1) is 9.76. The summed E-state index contributed by atoms with van der Waals surface area (Å²) in [5.41, 5.74) is 3.99. The van der Waals surface area contributed by atoms with Crippen LogP contribution in [0.15, 0.2) is 12.3 Å². The zero-order valence-corrected chi connectivity index (χ0v) is 7.70. The first-order valence-electron chi connectivity index (χ1n) is 3.86. The van der Waals surface area contributed by atoms with Crippen molar-refractivity contribution in [2.75, 3.05) is 7.11 Å². The normalized spacial score (nSPS) is 10.1. The summed E-state index contributed by atoms with van der Waals surface area (Å²) in [5.74, 6) is 4.81. The molecular weight excluding hydrogens is 170 g/mol. The Kier molecular flexibility index (Phi) is 3.05. The predicted molar refractivity (Wildman–Crippen MR) is 47.8 cm³/mol. The number of hydrazine groups is 1. The Morgan fingerprint density at radius 2 is 2.46 bits per heavy atom. The summed E-state index contributed by atoms with van der Waals surface area (Å²) in [4.78, 5) is 11.2. The van der Waals surface area contributed by atoms with E-state index in [1.165, 1.54) is 7.11 Å². The number of nitrogens with one attached hydrogen (secondary N) is 1. The highest BCUT2D eigenvalue weighted by atomic mass is 16.5. The molecule has 0 aliphatic rings. The van der Waals surface area contributed by atoms with E-state index in [2.05, 4.69) is 10.2 Å². The second kappa shape index (κ2) is 4.06. The molecule has 3 N–H and O–H groups in total. The first-order chi connectivity index (χ1) is 6.19. The lowest BCUT2D eigenvalue weighted by Gasteiger charge is -1.98. The van der Waals surface area contributed by atoms with Crippen LogP contribution in [0.2, 0.25) is 0 Å². The van der Waals surface area contributed by atoms with E-state index in [1.807, 2.05) is 6.20 Å². The lowest BCUT2D eigenvalue weighted by Crippen LogP contribution is -2.20. The number of hydrogen-bond donors (Lipinski definition) is 2. The number of carbonyl (C=O) groups is 1. The number of ether oxygens (including phenoxy) is 1. The van der Waals surface area contributed by atoms with Crippen LogP contribution in [0, 0.1) is 0 Å². The van der Waals surface area contributed by atoms with Crippen LogP contribution in [0.1, 0.15) is 16.1 Å². The van der Waals surface area contributed by atoms with Crippen LogP contribution in [-0.4, -0.2) is 17.6 Å². The maximum absolute atomic E-state index is 11.2. The molecule has 0 saturated heterocycles. The average Bonchev–Trinajstić information content (AvgIpc) is 2.46. The highest BCUT2D eigenvalue weighted by molar-refractivity contribution is 5.87. The molecule has 1 heterocycles. The fourth-order valence-electron chi connectivity index (χ4n) is 1.15. The van der Waals surface area contributed by atoms with Crippen molar-refractivity contribution in [3.8, 4) is 0 Å². The summed E-state index contributed by atoms with van der Waals surface area (Å²) in [6, 6.07) is 1.74. The molecular formula is C8H13N3O2.